The number of carbonyl (C=O) groups is 3. The molecule has 9 N–H and O–H groups in total. The third-order valence-corrected chi connectivity index (χ3v) is 8.73. The molecule has 0 unspecified atom stereocenters. The van der Waals surface area contributed by atoms with E-state index >= 15 is 0 Å². The minimum Gasteiger partial charge on any atom is -0.451 e. The highest BCUT2D eigenvalue weighted by Gasteiger charge is 2.29. The number of hydrogen-bond acceptors (Lipinski definition) is 13. The lowest BCUT2D eigenvalue weighted by atomic mass is 10.1. The summed E-state index contributed by atoms with van der Waals surface area (Å²) in [5.74, 6) is -6.06. The van der Waals surface area contributed by atoms with Gasteiger partial charge in [-0.3, -0.25) is 14.4 Å². The minimum atomic E-state index is -3.96. The number of aliphatic hydroxyl groups is 2. The fourth-order valence-corrected chi connectivity index (χ4v) is 5.42. The smallest absolute Gasteiger partial charge is 0.275 e. The van der Waals surface area contributed by atoms with Gasteiger partial charge in [0.1, 0.15) is 5.75 Å². The molecule has 58 heavy (non-hydrogen) atoms. The van der Waals surface area contributed by atoms with Gasteiger partial charge in [0, 0.05) is 31.8 Å². The molecule has 0 radical (unpaired) electrons. The van der Waals surface area contributed by atoms with Gasteiger partial charge in [-0.05, 0) is 61.4 Å². The lowest BCUT2D eigenvalue weighted by molar-refractivity contribution is -0.146. The van der Waals surface area contributed by atoms with Crippen LogP contribution in [0.4, 0.5) is 8.78 Å². The Hall–Kier alpha value is -4.65. The molecule has 22 heteroatoms. The maximum atomic E-state index is 14.7. The van der Waals surface area contributed by atoms with E-state index in [1.165, 1.54) is 37.3 Å². The molecule has 0 aromatic heterocycles. The van der Waals surface area contributed by atoms with Crippen LogP contribution in [0.1, 0.15) is 25.8 Å². The zero-order valence-electron chi connectivity index (χ0n) is 32.2. The van der Waals surface area contributed by atoms with Gasteiger partial charge in [-0.2, -0.15) is 4.99 Å². The van der Waals surface area contributed by atoms with Crippen LogP contribution in [0.3, 0.4) is 0 Å². The van der Waals surface area contributed by atoms with Crippen molar-refractivity contribution < 1.29 is 70.2 Å². The number of nitrogens with two attached hydrogens (primary N) is 2. The summed E-state index contributed by atoms with van der Waals surface area (Å²) < 4.78 is 88.9. The summed E-state index contributed by atoms with van der Waals surface area (Å²) in [5.41, 5.74) is 10.4. The van der Waals surface area contributed by atoms with Crippen molar-refractivity contribution in [3.8, 4) is 11.5 Å². The molecule has 2 rings (SSSR count). The molecule has 2 aromatic rings. The van der Waals surface area contributed by atoms with Crippen molar-refractivity contribution in [2.75, 3.05) is 85.7 Å². The molecule has 0 aliphatic heterocycles. The van der Waals surface area contributed by atoms with Crippen LogP contribution in [0, 0.1) is 11.6 Å². The van der Waals surface area contributed by atoms with Gasteiger partial charge in [0.2, 0.25) is 10.0 Å². The van der Waals surface area contributed by atoms with Crippen molar-refractivity contribution in [1.82, 2.24) is 15.4 Å². The lowest BCUT2D eigenvalue weighted by Gasteiger charge is -2.17. The number of benzene rings is 2. The van der Waals surface area contributed by atoms with Crippen molar-refractivity contribution in [3.63, 3.8) is 0 Å². The number of aliphatic hydroxyl groups excluding tert-OH is 2. The Morgan fingerprint density at radius 3 is 1.67 bits per heavy atom. The number of sulfonamides is 1. The monoisotopic (exact) mass is 846 g/mol. The number of rotatable bonds is 29. The zero-order chi connectivity index (χ0) is 42.9. The minimum absolute atomic E-state index is 0.00194. The fourth-order valence-electron chi connectivity index (χ4n) is 4.41. The molecule has 0 heterocycles. The second kappa shape index (κ2) is 27.1. The van der Waals surface area contributed by atoms with Crippen LogP contribution in [-0.2, 0) is 48.1 Å². The largest absolute Gasteiger partial charge is 0.451 e. The third-order valence-electron chi connectivity index (χ3n) is 7.26. The topological polar surface area (TPSA) is 282 Å². The second-order valence-electron chi connectivity index (χ2n) is 12.0. The Morgan fingerprint density at radius 2 is 1.21 bits per heavy atom. The third kappa shape index (κ3) is 19.2. The Balaban J connectivity index is 1.57. The van der Waals surface area contributed by atoms with Crippen LogP contribution in [0.15, 0.2) is 51.9 Å². The van der Waals surface area contributed by atoms with Gasteiger partial charge in [0.25, 0.3) is 17.7 Å². The Kier molecular flexibility index (Phi) is 23.1. The molecular weight excluding hydrogens is 794 g/mol. The molecule has 0 spiro atoms. The van der Waals surface area contributed by atoms with Crippen LogP contribution < -0.4 is 31.6 Å². The number of amides is 3. The van der Waals surface area contributed by atoms with Crippen LogP contribution >= 0.6 is 0 Å². The van der Waals surface area contributed by atoms with Gasteiger partial charge < -0.3 is 60.7 Å². The van der Waals surface area contributed by atoms with Crippen molar-refractivity contribution in [2.45, 2.75) is 37.4 Å². The summed E-state index contributed by atoms with van der Waals surface area (Å²) in [4.78, 5) is 39.1. The normalized spacial score (nSPS) is 12.8. The Bertz CT molecular complexity index is 1740. The molecule has 2 atom stereocenters. The van der Waals surface area contributed by atoms with Crippen LogP contribution in [-0.4, -0.2) is 140 Å². The van der Waals surface area contributed by atoms with Gasteiger partial charge in [-0.15, -0.1) is 0 Å². The summed E-state index contributed by atoms with van der Waals surface area (Å²) in [5, 5.41) is 24.6. The van der Waals surface area contributed by atoms with Gasteiger partial charge >= 0.3 is 0 Å². The summed E-state index contributed by atoms with van der Waals surface area (Å²) in [6.07, 6.45) is -1.87. The predicted molar refractivity (Wildman–Crippen MR) is 205 cm³/mol. The van der Waals surface area contributed by atoms with Gasteiger partial charge in [0.15, 0.2) is 35.6 Å². The van der Waals surface area contributed by atoms with E-state index < -0.39 is 63.3 Å². The van der Waals surface area contributed by atoms with E-state index in [-0.39, 0.29) is 87.7 Å². The molecule has 19 nitrogen and oxygen atoms in total. The SMILES string of the molecule is CCCOCCOCCNC(=O)[C@H](O)[C@@H](O)C(=O)NCCOCCOCCOCCNS(=O)(=O)c1ccc(Oc2c(F)cc(/C=C(\C)C(=O)N=C(N)N)cc2F)cc1. The number of guanidine groups is 1. The highest BCUT2D eigenvalue weighted by molar-refractivity contribution is 7.89. The van der Waals surface area contributed by atoms with E-state index in [0.29, 0.717) is 19.8 Å². The first-order valence-corrected chi connectivity index (χ1v) is 19.5. The van der Waals surface area contributed by atoms with Crippen LogP contribution in [0.5, 0.6) is 11.5 Å². The number of carbonyl (C=O) groups excluding carboxylic acids is 3. The predicted octanol–water partition coefficient (Wildman–Crippen LogP) is -0.314. The lowest BCUT2D eigenvalue weighted by Crippen LogP contribution is -2.50. The standard InChI is InChI=1S/C36H52F2N6O13S/c1-3-11-52-15-16-53-12-8-41-34(48)30(45)31(46)35(49)42-9-13-54-17-19-56-20-18-55-14-10-43-58(50,51)27-6-4-26(5-7-27)57-32-28(37)22-25(23-29(32)38)21-24(2)33(47)44-36(39)40/h4-7,21-23,30-31,43,45-46H,3,8-20H2,1-2H3,(H,41,48)(H,42,49)(H4,39,40,44,47)/b24-21+/t30-,31-/m1/s1. The molecule has 3 amide bonds. The van der Waals surface area contributed by atoms with Gasteiger partial charge in [-0.1, -0.05) is 6.92 Å². The molecule has 324 valence electrons. The number of hydrogen-bond donors (Lipinski definition) is 7. The molecular formula is C36H52F2N6O13S. The highest BCUT2D eigenvalue weighted by Crippen LogP contribution is 2.30. The molecule has 0 saturated carbocycles. The summed E-state index contributed by atoms with van der Waals surface area (Å²) >= 11 is 0. The number of nitrogens with zero attached hydrogens (tertiary/aromatic N) is 1. The van der Waals surface area contributed by atoms with Crippen molar-refractivity contribution in [2.24, 2.45) is 16.5 Å². The van der Waals surface area contributed by atoms with E-state index in [4.69, 9.17) is 39.9 Å². The molecule has 0 saturated heterocycles. The van der Waals surface area contributed by atoms with Gasteiger partial charge in [-0.25, -0.2) is 21.9 Å². The highest BCUT2D eigenvalue weighted by atomic mass is 32.2. The van der Waals surface area contributed by atoms with E-state index in [1.54, 1.807) is 0 Å². The maximum absolute atomic E-state index is 14.7. The van der Waals surface area contributed by atoms with E-state index in [0.717, 1.165) is 18.6 Å². The summed E-state index contributed by atoms with van der Waals surface area (Å²) in [6.45, 7) is 5.68. The molecule has 0 bridgehead atoms. The van der Waals surface area contributed by atoms with Crippen LogP contribution in [0.2, 0.25) is 0 Å². The van der Waals surface area contributed by atoms with E-state index in [9.17, 15) is 41.8 Å². The van der Waals surface area contributed by atoms with Crippen LogP contribution in [0.25, 0.3) is 6.08 Å². The Labute approximate surface area is 335 Å². The fraction of sp³-hybridized carbons (Fsp3) is 0.500. The first-order valence-electron chi connectivity index (χ1n) is 18.0. The van der Waals surface area contributed by atoms with E-state index in [1.807, 2.05) is 6.92 Å². The first kappa shape index (κ1) is 49.5. The summed E-state index contributed by atoms with van der Waals surface area (Å²) in [7, 11) is -3.96. The van der Waals surface area contributed by atoms with Crippen molar-refractivity contribution >= 4 is 39.8 Å². The maximum Gasteiger partial charge on any atom is 0.275 e. The quantitative estimate of drug-likeness (QED) is 0.0239. The number of aliphatic imine (C=N–C) groups is 1. The number of ether oxygens (including phenoxy) is 6. The van der Waals surface area contributed by atoms with Gasteiger partial charge in [0.05, 0.1) is 64.4 Å². The number of halogens is 2. The second-order valence-corrected chi connectivity index (χ2v) is 13.8. The molecule has 2 aromatic carbocycles. The molecule has 0 aliphatic carbocycles. The number of nitrogens with one attached hydrogen (secondary N) is 3. The molecule has 0 aliphatic rings. The summed E-state index contributed by atoms with van der Waals surface area (Å²) in [6, 6.07) is 6.69. The average Bonchev–Trinajstić information content (AvgIpc) is 3.18. The zero-order valence-corrected chi connectivity index (χ0v) is 33.1. The average molecular weight is 847 g/mol. The molecule has 0 fully saturated rings. The first-order chi connectivity index (χ1) is 27.7. The van der Waals surface area contributed by atoms with Crippen molar-refractivity contribution in [3.05, 3.63) is 59.2 Å². The Morgan fingerprint density at radius 1 is 0.759 bits per heavy atom. The van der Waals surface area contributed by atoms with E-state index in [2.05, 4.69) is 20.3 Å². The van der Waals surface area contributed by atoms with Crippen molar-refractivity contribution in [1.29, 1.82) is 0 Å².